The molecule has 0 saturated carbocycles. The number of carbonyl (C=O) groups excluding carboxylic acids is 1. The second-order valence-corrected chi connectivity index (χ2v) is 8.27. The van der Waals surface area contributed by atoms with Gasteiger partial charge >= 0.3 is 0 Å². The van der Waals surface area contributed by atoms with Crippen LogP contribution in [0.1, 0.15) is 38.1 Å². The highest BCUT2D eigenvalue weighted by molar-refractivity contribution is 7.89. The number of hydrogen-bond acceptors (Lipinski definition) is 5. The van der Waals surface area contributed by atoms with Crippen LogP contribution in [0.4, 0.5) is 0 Å². The Morgan fingerprint density at radius 1 is 1.28 bits per heavy atom. The van der Waals surface area contributed by atoms with Crippen LogP contribution < -0.4 is 20.1 Å². The second kappa shape index (κ2) is 9.38. The molecule has 0 aliphatic heterocycles. The molecule has 0 radical (unpaired) electrons. The maximum absolute atomic E-state index is 12.6. The summed E-state index contributed by atoms with van der Waals surface area (Å²) in [7, 11) is -0.633. The first-order valence-electron chi connectivity index (χ1n) is 7.67. The highest BCUT2D eigenvalue weighted by atomic mass is 35.5. The van der Waals surface area contributed by atoms with Gasteiger partial charge in [-0.1, -0.05) is 0 Å². The highest BCUT2D eigenvalue weighted by Crippen LogP contribution is 2.26. The van der Waals surface area contributed by atoms with Crippen LogP contribution in [0.3, 0.4) is 0 Å². The molecule has 25 heavy (non-hydrogen) atoms. The van der Waals surface area contributed by atoms with Gasteiger partial charge in [0.2, 0.25) is 10.0 Å². The number of sulfonamides is 1. The number of amides is 1. The van der Waals surface area contributed by atoms with Gasteiger partial charge in [0.1, 0.15) is 10.6 Å². The maximum atomic E-state index is 12.6. The van der Waals surface area contributed by atoms with Crippen LogP contribution in [0.15, 0.2) is 23.1 Å². The zero-order valence-corrected chi connectivity index (χ0v) is 17.1. The van der Waals surface area contributed by atoms with E-state index in [1.807, 2.05) is 6.92 Å². The van der Waals surface area contributed by atoms with E-state index in [2.05, 4.69) is 15.4 Å². The summed E-state index contributed by atoms with van der Waals surface area (Å²) < 4.78 is 32.9. The highest BCUT2D eigenvalue weighted by Gasteiger charge is 2.26. The molecule has 0 aliphatic rings. The number of halogens is 1. The zero-order chi connectivity index (χ0) is 18.5. The average molecular weight is 394 g/mol. The van der Waals surface area contributed by atoms with Gasteiger partial charge in [0, 0.05) is 23.7 Å². The number of hydrogen-bond donors (Lipinski definition) is 3. The zero-order valence-electron chi connectivity index (χ0n) is 15.5. The molecule has 1 unspecified atom stereocenters. The smallest absolute Gasteiger partial charge is 0.251 e. The topological polar surface area (TPSA) is 96.5 Å². The van der Waals surface area contributed by atoms with Crippen molar-refractivity contribution in [3.05, 3.63) is 23.8 Å². The van der Waals surface area contributed by atoms with E-state index < -0.39 is 15.6 Å². The van der Waals surface area contributed by atoms with Crippen molar-refractivity contribution < 1.29 is 17.9 Å². The molecule has 0 aliphatic carbocycles. The molecule has 0 fully saturated rings. The lowest BCUT2D eigenvalue weighted by Crippen LogP contribution is -2.40. The monoisotopic (exact) mass is 393 g/mol. The summed E-state index contributed by atoms with van der Waals surface area (Å²) in [5.41, 5.74) is -0.391. The molecule has 144 valence electrons. The van der Waals surface area contributed by atoms with Crippen LogP contribution in [-0.2, 0) is 10.0 Å². The van der Waals surface area contributed by atoms with Gasteiger partial charge in [-0.15, -0.1) is 12.4 Å². The number of methoxy groups -OCH3 is 1. The Bertz CT molecular complexity index is 687. The minimum absolute atomic E-state index is 0. The van der Waals surface area contributed by atoms with Crippen molar-refractivity contribution in [2.45, 2.75) is 44.2 Å². The van der Waals surface area contributed by atoms with E-state index in [4.69, 9.17) is 4.74 Å². The number of nitrogens with one attached hydrogen (secondary N) is 3. The summed E-state index contributed by atoms with van der Waals surface area (Å²) in [4.78, 5) is 12.2. The predicted molar refractivity (Wildman–Crippen MR) is 101 cm³/mol. The summed E-state index contributed by atoms with van der Waals surface area (Å²) in [6.07, 6.45) is 0. The molecule has 1 amide bonds. The molecule has 1 atom stereocenters. The van der Waals surface area contributed by atoms with E-state index in [0.29, 0.717) is 6.54 Å². The summed E-state index contributed by atoms with van der Waals surface area (Å²) in [5, 5.41) is 5.77. The van der Waals surface area contributed by atoms with Crippen molar-refractivity contribution in [3.63, 3.8) is 0 Å². The fraction of sp³-hybridized carbons (Fsp3) is 0.562. The largest absolute Gasteiger partial charge is 0.495 e. The van der Waals surface area contributed by atoms with Crippen molar-refractivity contribution >= 4 is 28.3 Å². The SMILES string of the molecule is CNC(C)CNC(=O)c1ccc(OC)c(S(=O)(=O)NC(C)(C)C)c1.Cl. The minimum Gasteiger partial charge on any atom is -0.495 e. The third-order valence-corrected chi connectivity index (χ3v) is 5.00. The molecule has 1 rings (SSSR count). The molecule has 1 aromatic rings. The summed E-state index contributed by atoms with van der Waals surface area (Å²) in [5.74, 6) is -0.154. The van der Waals surface area contributed by atoms with Crippen molar-refractivity contribution in [1.29, 1.82) is 0 Å². The van der Waals surface area contributed by atoms with Gasteiger partial charge < -0.3 is 15.4 Å². The van der Waals surface area contributed by atoms with Gasteiger partial charge in [0.05, 0.1) is 7.11 Å². The molecule has 0 heterocycles. The van der Waals surface area contributed by atoms with E-state index >= 15 is 0 Å². The normalized spacial score (nSPS) is 12.9. The lowest BCUT2D eigenvalue weighted by Gasteiger charge is -2.21. The number of likely N-dealkylation sites (N-methyl/N-ethyl adjacent to an activating group) is 1. The van der Waals surface area contributed by atoms with E-state index in [1.54, 1.807) is 27.8 Å². The van der Waals surface area contributed by atoms with Crippen molar-refractivity contribution in [2.24, 2.45) is 0 Å². The molecule has 0 saturated heterocycles. The van der Waals surface area contributed by atoms with Gasteiger partial charge in [-0.05, 0) is 52.9 Å². The molecule has 0 bridgehead atoms. The summed E-state index contributed by atoms with van der Waals surface area (Å²) in [6, 6.07) is 4.45. The molecular weight excluding hydrogens is 366 g/mol. The summed E-state index contributed by atoms with van der Waals surface area (Å²) in [6.45, 7) is 7.59. The molecule has 3 N–H and O–H groups in total. The Morgan fingerprint density at radius 2 is 1.88 bits per heavy atom. The molecule has 1 aromatic carbocycles. The predicted octanol–water partition coefficient (Wildman–Crippen LogP) is 1.53. The lowest BCUT2D eigenvalue weighted by atomic mass is 10.1. The van der Waals surface area contributed by atoms with Gasteiger partial charge in [-0.3, -0.25) is 4.79 Å². The molecule has 0 aromatic heterocycles. The van der Waals surface area contributed by atoms with Gasteiger partial charge in [-0.25, -0.2) is 13.1 Å². The Balaban J connectivity index is 0.00000576. The Morgan fingerprint density at radius 3 is 2.36 bits per heavy atom. The third kappa shape index (κ3) is 7.19. The fourth-order valence-electron chi connectivity index (χ4n) is 1.94. The van der Waals surface area contributed by atoms with Gasteiger partial charge in [0.15, 0.2) is 0 Å². The van der Waals surface area contributed by atoms with Crippen LogP contribution >= 0.6 is 12.4 Å². The molecule has 7 nitrogen and oxygen atoms in total. The van der Waals surface area contributed by atoms with Crippen molar-refractivity contribution in [1.82, 2.24) is 15.4 Å². The second-order valence-electron chi connectivity index (χ2n) is 6.62. The number of carbonyl (C=O) groups is 1. The molecule has 9 heteroatoms. The van der Waals surface area contributed by atoms with Crippen molar-refractivity contribution in [2.75, 3.05) is 20.7 Å². The first kappa shape index (κ1) is 23.6. The maximum Gasteiger partial charge on any atom is 0.251 e. The number of benzene rings is 1. The van der Waals surface area contributed by atoms with Crippen LogP contribution in [-0.4, -0.2) is 46.6 Å². The van der Waals surface area contributed by atoms with Crippen molar-refractivity contribution in [3.8, 4) is 5.75 Å². The number of rotatable bonds is 7. The van der Waals surface area contributed by atoms with Crippen LogP contribution in [0.25, 0.3) is 0 Å². The Hall–Kier alpha value is -1.35. The third-order valence-electron chi connectivity index (χ3n) is 3.22. The first-order chi connectivity index (χ1) is 11.0. The van der Waals surface area contributed by atoms with Crippen LogP contribution in [0.5, 0.6) is 5.75 Å². The average Bonchev–Trinajstić information content (AvgIpc) is 2.49. The quantitative estimate of drug-likeness (QED) is 0.652. The van der Waals surface area contributed by atoms with E-state index in [1.165, 1.54) is 25.3 Å². The Kier molecular flexibility index (Phi) is 8.87. The van der Waals surface area contributed by atoms with E-state index in [-0.39, 0.29) is 40.6 Å². The van der Waals surface area contributed by atoms with Crippen LogP contribution in [0.2, 0.25) is 0 Å². The van der Waals surface area contributed by atoms with E-state index in [0.717, 1.165) is 0 Å². The Labute approximate surface area is 156 Å². The fourth-order valence-corrected chi connectivity index (χ4v) is 3.55. The van der Waals surface area contributed by atoms with Gasteiger partial charge in [0.25, 0.3) is 5.91 Å². The minimum atomic E-state index is -3.82. The van der Waals surface area contributed by atoms with Gasteiger partial charge in [-0.2, -0.15) is 0 Å². The first-order valence-corrected chi connectivity index (χ1v) is 9.16. The number of ether oxygens (including phenoxy) is 1. The summed E-state index contributed by atoms with van der Waals surface area (Å²) >= 11 is 0. The van der Waals surface area contributed by atoms with Crippen LogP contribution in [0, 0.1) is 0 Å². The lowest BCUT2D eigenvalue weighted by molar-refractivity contribution is 0.0950. The molecule has 0 spiro atoms. The van der Waals surface area contributed by atoms with E-state index in [9.17, 15) is 13.2 Å². The molecular formula is C16H28ClN3O4S. The standard InChI is InChI=1S/C16H27N3O4S.ClH/c1-11(17-5)10-18-15(20)12-7-8-13(23-6)14(9-12)24(21,22)19-16(2,3)4;/h7-9,11,17,19H,10H2,1-6H3,(H,18,20);1H.